The molecule has 0 aliphatic carbocycles. The molecule has 0 radical (unpaired) electrons. The third kappa shape index (κ3) is 4.92. The van der Waals surface area contributed by atoms with E-state index in [1.807, 2.05) is 6.07 Å². The van der Waals surface area contributed by atoms with E-state index in [1.165, 1.54) is 11.1 Å². The van der Waals surface area contributed by atoms with E-state index in [4.69, 9.17) is 27.9 Å². The summed E-state index contributed by atoms with van der Waals surface area (Å²) in [5.74, 6) is 0.616. The number of ether oxygens (including phenoxy) is 1. The molecule has 0 amide bonds. The molecule has 2 aromatic rings. The van der Waals surface area contributed by atoms with Crippen molar-refractivity contribution in [1.29, 1.82) is 0 Å². The van der Waals surface area contributed by atoms with Gasteiger partial charge in [0.1, 0.15) is 12.4 Å². The Balaban J connectivity index is 2.04. The van der Waals surface area contributed by atoms with Gasteiger partial charge in [0, 0.05) is 11.1 Å². The SMILES string of the molecule is CCNCCc1ccccc1COc1cc(Cl)ccc1Cl. The van der Waals surface area contributed by atoms with Gasteiger partial charge >= 0.3 is 0 Å². The minimum Gasteiger partial charge on any atom is -0.487 e. The minimum absolute atomic E-state index is 0.488. The Hall–Kier alpha value is -1.22. The zero-order valence-corrected chi connectivity index (χ0v) is 13.5. The fourth-order valence-electron chi connectivity index (χ4n) is 2.09. The Morgan fingerprint density at radius 3 is 2.57 bits per heavy atom. The van der Waals surface area contributed by atoms with Crippen LogP contribution in [0, 0.1) is 0 Å². The van der Waals surface area contributed by atoms with E-state index in [0.29, 0.717) is 22.4 Å². The molecule has 2 nitrogen and oxygen atoms in total. The molecule has 0 aromatic heterocycles. The summed E-state index contributed by atoms with van der Waals surface area (Å²) in [6.45, 7) is 4.54. The molecule has 0 spiro atoms. The molecule has 0 aliphatic rings. The van der Waals surface area contributed by atoms with Gasteiger partial charge in [0.25, 0.3) is 0 Å². The lowest BCUT2D eigenvalue weighted by Gasteiger charge is -2.12. The van der Waals surface area contributed by atoms with E-state index in [2.05, 4.69) is 30.4 Å². The predicted molar refractivity (Wildman–Crippen MR) is 89.5 cm³/mol. The van der Waals surface area contributed by atoms with Crippen LogP contribution < -0.4 is 10.1 Å². The predicted octanol–water partition coefficient (Wildman–Crippen LogP) is 4.72. The molecule has 0 saturated heterocycles. The second-order valence-corrected chi connectivity index (χ2v) is 5.58. The molecule has 21 heavy (non-hydrogen) atoms. The monoisotopic (exact) mass is 323 g/mol. The van der Waals surface area contributed by atoms with Gasteiger partial charge in [-0.25, -0.2) is 0 Å². The zero-order valence-electron chi connectivity index (χ0n) is 12.0. The topological polar surface area (TPSA) is 21.3 Å². The average Bonchev–Trinajstić information content (AvgIpc) is 2.49. The second kappa shape index (κ2) is 8.28. The van der Waals surface area contributed by atoms with Crippen molar-refractivity contribution in [2.45, 2.75) is 20.0 Å². The highest BCUT2D eigenvalue weighted by Crippen LogP contribution is 2.28. The first-order valence-corrected chi connectivity index (χ1v) is 7.81. The van der Waals surface area contributed by atoms with Crippen LogP contribution in [0.4, 0.5) is 0 Å². The molecule has 4 heteroatoms. The van der Waals surface area contributed by atoms with Gasteiger partial charge in [0.05, 0.1) is 5.02 Å². The van der Waals surface area contributed by atoms with Crippen LogP contribution in [-0.4, -0.2) is 13.1 Å². The maximum absolute atomic E-state index is 6.11. The Labute approximate surface area is 136 Å². The lowest BCUT2D eigenvalue weighted by Crippen LogP contribution is -2.17. The van der Waals surface area contributed by atoms with Gasteiger partial charge in [0.2, 0.25) is 0 Å². The number of hydrogen-bond donors (Lipinski definition) is 1. The molecule has 0 atom stereocenters. The highest BCUT2D eigenvalue weighted by atomic mass is 35.5. The van der Waals surface area contributed by atoms with Crippen molar-refractivity contribution in [1.82, 2.24) is 5.32 Å². The quantitative estimate of drug-likeness (QED) is 0.744. The molecule has 0 bridgehead atoms. The first-order chi connectivity index (χ1) is 10.2. The van der Waals surface area contributed by atoms with Crippen LogP contribution in [-0.2, 0) is 13.0 Å². The molecule has 0 fully saturated rings. The maximum atomic E-state index is 6.11. The van der Waals surface area contributed by atoms with Gasteiger partial charge in [-0.2, -0.15) is 0 Å². The third-order valence-corrected chi connectivity index (χ3v) is 3.76. The summed E-state index contributed by atoms with van der Waals surface area (Å²) in [6, 6.07) is 13.5. The van der Waals surface area contributed by atoms with Gasteiger partial charge in [0.15, 0.2) is 0 Å². The van der Waals surface area contributed by atoms with Crippen molar-refractivity contribution in [2.24, 2.45) is 0 Å². The molecule has 112 valence electrons. The van der Waals surface area contributed by atoms with Crippen molar-refractivity contribution in [3.8, 4) is 5.75 Å². The fourth-order valence-corrected chi connectivity index (χ4v) is 2.42. The van der Waals surface area contributed by atoms with Crippen molar-refractivity contribution in [2.75, 3.05) is 13.1 Å². The van der Waals surface area contributed by atoms with Gasteiger partial charge in [-0.05, 0) is 42.8 Å². The standard InChI is InChI=1S/C17H19Cl2NO/c1-2-20-10-9-13-5-3-4-6-14(13)12-21-17-11-15(18)7-8-16(17)19/h3-8,11,20H,2,9-10,12H2,1H3. The van der Waals surface area contributed by atoms with Crippen molar-refractivity contribution < 1.29 is 4.74 Å². The molecular formula is C17H19Cl2NO. The molecule has 1 N–H and O–H groups in total. The van der Waals surface area contributed by atoms with E-state index >= 15 is 0 Å². The summed E-state index contributed by atoms with van der Waals surface area (Å²) in [6.07, 6.45) is 0.983. The van der Waals surface area contributed by atoms with Crippen LogP contribution in [0.15, 0.2) is 42.5 Å². The number of nitrogens with one attached hydrogen (secondary N) is 1. The summed E-state index contributed by atoms with van der Waals surface area (Å²) in [4.78, 5) is 0. The third-order valence-electron chi connectivity index (χ3n) is 3.22. The molecule has 0 aliphatic heterocycles. The maximum Gasteiger partial charge on any atom is 0.139 e. The van der Waals surface area contributed by atoms with E-state index in [9.17, 15) is 0 Å². The van der Waals surface area contributed by atoms with Gasteiger partial charge < -0.3 is 10.1 Å². The average molecular weight is 324 g/mol. The van der Waals surface area contributed by atoms with Crippen LogP contribution >= 0.6 is 23.2 Å². The first kappa shape index (κ1) is 16.2. The van der Waals surface area contributed by atoms with Crippen molar-refractivity contribution in [3.63, 3.8) is 0 Å². The van der Waals surface area contributed by atoms with Crippen LogP contribution in [0.2, 0.25) is 10.0 Å². The van der Waals surface area contributed by atoms with Gasteiger partial charge in [-0.15, -0.1) is 0 Å². The number of benzene rings is 2. The van der Waals surface area contributed by atoms with Gasteiger partial charge in [-0.3, -0.25) is 0 Å². The van der Waals surface area contributed by atoms with Gasteiger partial charge in [-0.1, -0.05) is 54.4 Å². The van der Waals surface area contributed by atoms with Crippen LogP contribution in [0.5, 0.6) is 5.75 Å². The summed E-state index contributed by atoms with van der Waals surface area (Å²) in [5, 5.41) is 4.53. The first-order valence-electron chi connectivity index (χ1n) is 7.06. The molecule has 2 aromatic carbocycles. The van der Waals surface area contributed by atoms with E-state index < -0.39 is 0 Å². The van der Waals surface area contributed by atoms with E-state index in [1.54, 1.807) is 18.2 Å². The lowest BCUT2D eigenvalue weighted by atomic mass is 10.1. The highest BCUT2D eigenvalue weighted by molar-refractivity contribution is 6.34. The summed E-state index contributed by atoms with van der Waals surface area (Å²) >= 11 is 12.1. The number of halogens is 2. The largest absolute Gasteiger partial charge is 0.487 e. The van der Waals surface area contributed by atoms with Crippen LogP contribution in [0.25, 0.3) is 0 Å². The Bertz CT molecular complexity index is 587. The Kier molecular flexibility index (Phi) is 6.37. The van der Waals surface area contributed by atoms with Crippen LogP contribution in [0.3, 0.4) is 0 Å². The molecule has 0 saturated carbocycles. The summed E-state index contributed by atoms with van der Waals surface area (Å²) in [5.41, 5.74) is 2.46. The molecule has 2 rings (SSSR count). The Morgan fingerprint density at radius 1 is 1.05 bits per heavy atom. The highest BCUT2D eigenvalue weighted by Gasteiger charge is 2.06. The van der Waals surface area contributed by atoms with Crippen LogP contribution in [0.1, 0.15) is 18.1 Å². The second-order valence-electron chi connectivity index (χ2n) is 4.74. The molecular weight excluding hydrogens is 305 g/mol. The number of hydrogen-bond acceptors (Lipinski definition) is 2. The number of rotatable bonds is 7. The van der Waals surface area contributed by atoms with Crippen molar-refractivity contribution in [3.05, 3.63) is 63.6 Å². The molecule has 0 unspecified atom stereocenters. The minimum atomic E-state index is 0.488. The smallest absolute Gasteiger partial charge is 0.139 e. The van der Waals surface area contributed by atoms with Crippen molar-refractivity contribution >= 4 is 23.2 Å². The fraction of sp³-hybridized carbons (Fsp3) is 0.294. The number of likely N-dealkylation sites (N-methyl/N-ethyl adjacent to an activating group) is 1. The zero-order chi connectivity index (χ0) is 15.1. The molecule has 0 heterocycles. The normalized spacial score (nSPS) is 10.6. The Morgan fingerprint density at radius 2 is 1.81 bits per heavy atom. The van der Waals surface area contributed by atoms with E-state index in [0.717, 1.165) is 19.5 Å². The summed E-state index contributed by atoms with van der Waals surface area (Å²) in [7, 11) is 0. The lowest BCUT2D eigenvalue weighted by molar-refractivity contribution is 0.305. The summed E-state index contributed by atoms with van der Waals surface area (Å²) < 4.78 is 5.81. The van der Waals surface area contributed by atoms with E-state index in [-0.39, 0.29) is 0 Å².